The summed E-state index contributed by atoms with van der Waals surface area (Å²) in [6.45, 7) is 6.35. The molecule has 5 rings (SSSR count). The maximum atomic E-state index is 13.0. The number of carbonyl (C=O) groups excluding carboxylic acids is 1. The summed E-state index contributed by atoms with van der Waals surface area (Å²) in [6, 6.07) is 11.2. The molecule has 0 unspecified atom stereocenters. The second kappa shape index (κ2) is 9.70. The predicted octanol–water partition coefficient (Wildman–Crippen LogP) is 3.76. The summed E-state index contributed by atoms with van der Waals surface area (Å²) in [6.07, 6.45) is 3.90. The highest BCUT2D eigenvalue weighted by atomic mass is 32.1. The van der Waals surface area contributed by atoms with Gasteiger partial charge in [-0.25, -0.2) is 9.97 Å². The Morgan fingerprint density at radius 3 is 2.85 bits per heavy atom. The topological polar surface area (TPSA) is 81.0 Å². The van der Waals surface area contributed by atoms with E-state index in [1.165, 1.54) is 11.3 Å². The van der Waals surface area contributed by atoms with Gasteiger partial charge in [0.05, 0.1) is 30.2 Å². The number of aryl methyl sites for hydroxylation is 1. The lowest BCUT2D eigenvalue weighted by molar-refractivity contribution is 0.0337. The van der Waals surface area contributed by atoms with Gasteiger partial charge in [-0.1, -0.05) is 18.2 Å². The van der Waals surface area contributed by atoms with Gasteiger partial charge >= 0.3 is 0 Å². The minimum Gasteiger partial charge on any atom is -0.486 e. The molecule has 1 aliphatic rings. The number of morpholine rings is 1. The van der Waals surface area contributed by atoms with E-state index in [-0.39, 0.29) is 12.5 Å². The third kappa shape index (κ3) is 5.05. The van der Waals surface area contributed by atoms with Gasteiger partial charge in [-0.05, 0) is 30.7 Å². The van der Waals surface area contributed by atoms with Gasteiger partial charge in [0.2, 0.25) is 0 Å². The number of nitrogens with one attached hydrogen (secondary N) is 1. The molecule has 0 spiro atoms. The number of aromatic nitrogens is 3. The molecule has 1 saturated heterocycles. The number of para-hydroxylation sites is 1. The molecule has 1 amide bonds. The van der Waals surface area contributed by atoms with Crippen molar-refractivity contribution in [3.63, 3.8) is 0 Å². The molecule has 1 N–H and O–H groups in total. The highest BCUT2D eigenvalue weighted by Gasteiger charge is 2.16. The summed E-state index contributed by atoms with van der Waals surface area (Å²) in [4.78, 5) is 24.5. The number of amides is 1. The number of carbonyl (C=O) groups is 1. The lowest BCUT2D eigenvalue weighted by Crippen LogP contribution is -2.35. The SMILES string of the molecule is Cc1cccn2cc(COc3ccccc3C(=O)Nc3nc(CN4CCOCC4)cs3)nc12. The summed E-state index contributed by atoms with van der Waals surface area (Å²) in [5.41, 5.74) is 4.21. The number of hydrogen-bond donors (Lipinski definition) is 1. The van der Waals surface area contributed by atoms with Crippen molar-refractivity contribution in [1.82, 2.24) is 19.3 Å². The summed E-state index contributed by atoms with van der Waals surface area (Å²) < 4.78 is 13.4. The largest absolute Gasteiger partial charge is 0.486 e. The van der Waals surface area contributed by atoms with E-state index in [0.29, 0.717) is 16.4 Å². The Kier molecular flexibility index (Phi) is 6.34. The number of rotatable bonds is 7. The Bertz CT molecular complexity index is 1260. The van der Waals surface area contributed by atoms with Gasteiger partial charge in [0.15, 0.2) is 5.13 Å². The molecular weight excluding hydrogens is 438 g/mol. The lowest BCUT2D eigenvalue weighted by Gasteiger charge is -2.25. The number of hydrogen-bond acceptors (Lipinski definition) is 7. The van der Waals surface area contributed by atoms with E-state index < -0.39 is 0 Å². The third-order valence-corrected chi connectivity index (χ3v) is 6.30. The number of thiazole rings is 1. The van der Waals surface area contributed by atoms with Crippen LogP contribution in [0.3, 0.4) is 0 Å². The lowest BCUT2D eigenvalue weighted by atomic mass is 10.2. The Morgan fingerprint density at radius 2 is 2.00 bits per heavy atom. The molecule has 170 valence electrons. The van der Waals surface area contributed by atoms with Crippen LogP contribution in [0.5, 0.6) is 5.75 Å². The molecule has 0 aliphatic carbocycles. The van der Waals surface area contributed by atoms with E-state index >= 15 is 0 Å². The molecule has 4 heterocycles. The quantitative estimate of drug-likeness (QED) is 0.450. The zero-order chi connectivity index (χ0) is 22.6. The van der Waals surface area contributed by atoms with Crippen molar-refractivity contribution in [3.8, 4) is 5.75 Å². The fourth-order valence-corrected chi connectivity index (χ4v) is 4.49. The standard InChI is InChI=1S/C24H25N5O3S/c1-17-5-4-8-29-14-18(25-22(17)29)15-32-21-7-3-2-6-20(21)23(30)27-24-26-19(16-33-24)13-28-9-11-31-12-10-28/h2-8,14,16H,9-13,15H2,1H3,(H,26,27,30). The molecule has 1 aromatic carbocycles. The van der Waals surface area contributed by atoms with Crippen LogP contribution in [0.25, 0.3) is 5.65 Å². The van der Waals surface area contributed by atoms with Crippen LogP contribution in [0.2, 0.25) is 0 Å². The number of ether oxygens (including phenoxy) is 2. The minimum atomic E-state index is -0.247. The van der Waals surface area contributed by atoms with Crippen molar-refractivity contribution in [3.05, 3.63) is 76.7 Å². The van der Waals surface area contributed by atoms with Crippen LogP contribution in [-0.4, -0.2) is 51.5 Å². The Hall–Kier alpha value is -3.27. The Balaban J connectivity index is 1.24. The summed E-state index contributed by atoms with van der Waals surface area (Å²) >= 11 is 1.43. The van der Waals surface area contributed by atoms with E-state index in [2.05, 4.69) is 20.2 Å². The molecule has 0 bridgehead atoms. The van der Waals surface area contributed by atoms with Crippen LogP contribution in [-0.2, 0) is 17.9 Å². The smallest absolute Gasteiger partial charge is 0.261 e. The van der Waals surface area contributed by atoms with Crippen LogP contribution < -0.4 is 10.1 Å². The molecule has 0 atom stereocenters. The third-order valence-electron chi connectivity index (χ3n) is 5.50. The molecule has 33 heavy (non-hydrogen) atoms. The fraction of sp³-hybridized carbons (Fsp3) is 0.292. The number of benzene rings is 1. The summed E-state index contributed by atoms with van der Waals surface area (Å²) in [7, 11) is 0. The van der Waals surface area contributed by atoms with E-state index in [0.717, 1.165) is 55.4 Å². The van der Waals surface area contributed by atoms with Crippen LogP contribution >= 0.6 is 11.3 Å². The average molecular weight is 464 g/mol. The number of fused-ring (bicyclic) bond motifs is 1. The van der Waals surface area contributed by atoms with Gasteiger partial charge in [0.1, 0.15) is 18.0 Å². The molecule has 8 nitrogen and oxygen atoms in total. The summed E-state index contributed by atoms with van der Waals surface area (Å²) in [5.74, 6) is 0.262. The van der Waals surface area contributed by atoms with Crippen LogP contribution in [0, 0.1) is 6.92 Å². The maximum absolute atomic E-state index is 13.0. The van der Waals surface area contributed by atoms with E-state index in [9.17, 15) is 4.79 Å². The van der Waals surface area contributed by atoms with E-state index in [1.807, 2.05) is 53.4 Å². The fourth-order valence-electron chi connectivity index (χ4n) is 3.80. The molecule has 9 heteroatoms. The zero-order valence-electron chi connectivity index (χ0n) is 18.4. The normalized spacial score (nSPS) is 14.5. The highest BCUT2D eigenvalue weighted by molar-refractivity contribution is 7.14. The van der Waals surface area contributed by atoms with E-state index in [4.69, 9.17) is 9.47 Å². The van der Waals surface area contributed by atoms with Crippen molar-refractivity contribution in [1.29, 1.82) is 0 Å². The minimum absolute atomic E-state index is 0.247. The Morgan fingerprint density at radius 1 is 1.15 bits per heavy atom. The molecule has 3 aromatic heterocycles. The second-order valence-corrected chi connectivity index (χ2v) is 8.78. The van der Waals surface area contributed by atoms with Crippen LogP contribution in [0.4, 0.5) is 5.13 Å². The first-order chi connectivity index (χ1) is 16.2. The monoisotopic (exact) mass is 463 g/mol. The Labute approximate surface area is 195 Å². The van der Waals surface area contributed by atoms with Crippen molar-refractivity contribution in [2.24, 2.45) is 0 Å². The van der Waals surface area contributed by atoms with Gasteiger partial charge in [0, 0.05) is 37.4 Å². The average Bonchev–Trinajstić information content (AvgIpc) is 3.46. The van der Waals surface area contributed by atoms with E-state index in [1.54, 1.807) is 12.1 Å². The first kappa shape index (κ1) is 21.6. The van der Waals surface area contributed by atoms with Crippen molar-refractivity contribution >= 4 is 28.0 Å². The molecule has 0 radical (unpaired) electrons. The highest BCUT2D eigenvalue weighted by Crippen LogP contribution is 2.23. The molecular formula is C24H25N5O3S. The van der Waals surface area contributed by atoms with Gasteiger partial charge in [-0.3, -0.25) is 15.0 Å². The second-order valence-electron chi connectivity index (χ2n) is 7.93. The van der Waals surface area contributed by atoms with Gasteiger partial charge in [-0.2, -0.15) is 0 Å². The first-order valence-electron chi connectivity index (χ1n) is 10.9. The maximum Gasteiger partial charge on any atom is 0.261 e. The van der Waals surface area contributed by atoms with Gasteiger partial charge in [-0.15, -0.1) is 11.3 Å². The van der Waals surface area contributed by atoms with Crippen molar-refractivity contribution < 1.29 is 14.3 Å². The van der Waals surface area contributed by atoms with Crippen molar-refractivity contribution in [2.75, 3.05) is 31.6 Å². The van der Waals surface area contributed by atoms with Crippen molar-refractivity contribution in [2.45, 2.75) is 20.1 Å². The molecule has 1 fully saturated rings. The van der Waals surface area contributed by atoms with Gasteiger partial charge < -0.3 is 13.9 Å². The first-order valence-corrected chi connectivity index (χ1v) is 11.7. The molecule has 4 aromatic rings. The number of imidazole rings is 1. The molecule has 1 aliphatic heterocycles. The number of anilines is 1. The number of pyridine rings is 1. The zero-order valence-corrected chi connectivity index (χ0v) is 19.2. The van der Waals surface area contributed by atoms with Crippen LogP contribution in [0.1, 0.15) is 27.3 Å². The van der Waals surface area contributed by atoms with Gasteiger partial charge in [0.25, 0.3) is 5.91 Å². The summed E-state index contributed by atoms with van der Waals surface area (Å²) in [5, 5.41) is 5.47. The molecule has 0 saturated carbocycles. The predicted molar refractivity (Wildman–Crippen MR) is 127 cm³/mol. The van der Waals surface area contributed by atoms with Crippen LogP contribution in [0.15, 0.2) is 54.2 Å². The number of nitrogens with zero attached hydrogens (tertiary/aromatic N) is 4.